The first-order chi connectivity index (χ1) is 6.31. The second-order valence-corrected chi connectivity index (χ2v) is 3.66. The first-order valence-corrected chi connectivity index (χ1v) is 5.50. The average Bonchev–Trinajstić information content (AvgIpc) is 2.21. The maximum Gasteiger partial charge on any atom is 0.0292 e. The van der Waals surface area contributed by atoms with Crippen molar-refractivity contribution in [3.05, 3.63) is 35.4 Å². The molecule has 0 saturated carbocycles. The highest BCUT2D eigenvalue weighted by Crippen LogP contribution is 2.21. The Kier molecular flexibility index (Phi) is 4.31. The molecule has 1 aromatic rings. The Balaban J connectivity index is 2.78. The van der Waals surface area contributed by atoms with Crippen molar-refractivity contribution in [1.29, 1.82) is 0 Å². The predicted molar refractivity (Wildman–Crippen MR) is 59.6 cm³/mol. The summed E-state index contributed by atoms with van der Waals surface area (Å²) in [5.74, 6) is 1.25. The third-order valence-corrected chi connectivity index (χ3v) is 2.91. The Labute approximate surface area is 85.9 Å². The van der Waals surface area contributed by atoms with E-state index in [1.54, 1.807) is 0 Å². The summed E-state index contributed by atoms with van der Waals surface area (Å²) in [7, 11) is 0. The Morgan fingerprint density at radius 3 is 2.15 bits per heavy atom. The van der Waals surface area contributed by atoms with Crippen LogP contribution in [-0.4, -0.2) is 5.88 Å². The van der Waals surface area contributed by atoms with Crippen LogP contribution < -0.4 is 0 Å². The molecule has 0 nitrogen and oxygen atoms in total. The van der Waals surface area contributed by atoms with Gasteiger partial charge in [0.15, 0.2) is 0 Å². The van der Waals surface area contributed by atoms with E-state index in [2.05, 4.69) is 38.1 Å². The van der Waals surface area contributed by atoms with Gasteiger partial charge in [-0.1, -0.05) is 38.1 Å². The van der Waals surface area contributed by atoms with E-state index in [-0.39, 0.29) is 0 Å². The van der Waals surface area contributed by atoms with Crippen LogP contribution in [0, 0.1) is 0 Å². The van der Waals surface area contributed by atoms with E-state index in [1.165, 1.54) is 11.1 Å². The van der Waals surface area contributed by atoms with Crippen LogP contribution in [-0.2, 0) is 6.42 Å². The van der Waals surface area contributed by atoms with Gasteiger partial charge in [0.25, 0.3) is 0 Å². The molecule has 0 bridgehead atoms. The van der Waals surface area contributed by atoms with E-state index < -0.39 is 0 Å². The van der Waals surface area contributed by atoms with Gasteiger partial charge in [-0.05, 0) is 29.9 Å². The zero-order chi connectivity index (χ0) is 9.68. The van der Waals surface area contributed by atoms with Crippen molar-refractivity contribution in [2.24, 2.45) is 0 Å². The van der Waals surface area contributed by atoms with Crippen molar-refractivity contribution in [2.75, 3.05) is 5.88 Å². The topological polar surface area (TPSA) is 0 Å². The lowest BCUT2D eigenvalue weighted by molar-refractivity contribution is 0.740. The molecular formula is C12H17Cl. The molecule has 0 radical (unpaired) electrons. The van der Waals surface area contributed by atoms with Gasteiger partial charge >= 0.3 is 0 Å². The summed E-state index contributed by atoms with van der Waals surface area (Å²) in [6.07, 6.45) is 2.23. The summed E-state index contributed by atoms with van der Waals surface area (Å²) in [6, 6.07) is 8.81. The minimum Gasteiger partial charge on any atom is -0.126 e. The van der Waals surface area contributed by atoms with Crippen LogP contribution in [0.15, 0.2) is 24.3 Å². The SMILES string of the molecule is CCc1ccc(C(CC)CCl)cc1. The lowest BCUT2D eigenvalue weighted by Crippen LogP contribution is -1.98. The minimum absolute atomic E-state index is 0.521. The summed E-state index contributed by atoms with van der Waals surface area (Å²) < 4.78 is 0. The number of aryl methyl sites for hydroxylation is 1. The van der Waals surface area contributed by atoms with Crippen LogP contribution in [0.4, 0.5) is 0 Å². The van der Waals surface area contributed by atoms with E-state index >= 15 is 0 Å². The highest BCUT2D eigenvalue weighted by molar-refractivity contribution is 6.18. The van der Waals surface area contributed by atoms with Gasteiger partial charge in [-0.15, -0.1) is 11.6 Å². The molecule has 0 fully saturated rings. The predicted octanol–water partition coefficient (Wildman–Crippen LogP) is 3.98. The molecule has 1 aromatic carbocycles. The van der Waals surface area contributed by atoms with Crippen LogP contribution in [0.25, 0.3) is 0 Å². The Morgan fingerprint density at radius 1 is 1.15 bits per heavy atom. The fourth-order valence-electron chi connectivity index (χ4n) is 1.46. The van der Waals surface area contributed by atoms with Gasteiger partial charge in [0.1, 0.15) is 0 Å². The second-order valence-electron chi connectivity index (χ2n) is 3.35. The van der Waals surface area contributed by atoms with Gasteiger partial charge in [-0.3, -0.25) is 0 Å². The molecule has 0 amide bonds. The van der Waals surface area contributed by atoms with E-state index in [9.17, 15) is 0 Å². The Morgan fingerprint density at radius 2 is 1.77 bits per heavy atom. The molecule has 72 valence electrons. The molecule has 0 saturated heterocycles. The summed E-state index contributed by atoms with van der Waals surface area (Å²) in [4.78, 5) is 0. The maximum absolute atomic E-state index is 5.88. The first-order valence-electron chi connectivity index (χ1n) is 4.96. The molecule has 1 heteroatoms. The van der Waals surface area contributed by atoms with Crippen molar-refractivity contribution in [3.63, 3.8) is 0 Å². The molecule has 1 atom stereocenters. The molecule has 1 unspecified atom stereocenters. The molecular weight excluding hydrogens is 180 g/mol. The lowest BCUT2D eigenvalue weighted by Gasteiger charge is -2.11. The fraction of sp³-hybridized carbons (Fsp3) is 0.500. The van der Waals surface area contributed by atoms with E-state index in [0.717, 1.165) is 18.7 Å². The monoisotopic (exact) mass is 196 g/mol. The van der Waals surface area contributed by atoms with Gasteiger partial charge in [0, 0.05) is 5.88 Å². The first kappa shape index (κ1) is 10.6. The van der Waals surface area contributed by atoms with Crippen molar-refractivity contribution >= 4 is 11.6 Å². The number of hydrogen-bond acceptors (Lipinski definition) is 0. The number of rotatable bonds is 4. The zero-order valence-electron chi connectivity index (χ0n) is 8.39. The van der Waals surface area contributed by atoms with Crippen LogP contribution in [0.2, 0.25) is 0 Å². The molecule has 0 aliphatic rings. The number of alkyl halides is 1. The summed E-state index contributed by atoms with van der Waals surface area (Å²) in [6.45, 7) is 4.36. The van der Waals surface area contributed by atoms with E-state index in [0.29, 0.717) is 5.92 Å². The van der Waals surface area contributed by atoms with Gasteiger partial charge in [0.2, 0.25) is 0 Å². The molecule has 0 heterocycles. The average molecular weight is 197 g/mol. The minimum atomic E-state index is 0.521. The highest BCUT2D eigenvalue weighted by atomic mass is 35.5. The molecule has 0 aliphatic carbocycles. The van der Waals surface area contributed by atoms with Gasteiger partial charge < -0.3 is 0 Å². The molecule has 0 aliphatic heterocycles. The number of hydrogen-bond donors (Lipinski definition) is 0. The molecule has 0 aromatic heterocycles. The standard InChI is InChI=1S/C12H17Cl/c1-3-10-5-7-12(8-6-10)11(4-2)9-13/h5-8,11H,3-4,9H2,1-2H3. The van der Waals surface area contributed by atoms with E-state index in [1.807, 2.05) is 0 Å². The third-order valence-electron chi connectivity index (χ3n) is 2.54. The largest absolute Gasteiger partial charge is 0.126 e. The Bertz CT molecular complexity index is 234. The molecule has 13 heavy (non-hydrogen) atoms. The number of halogens is 1. The van der Waals surface area contributed by atoms with Crippen LogP contribution in [0.3, 0.4) is 0 Å². The van der Waals surface area contributed by atoms with Crippen LogP contribution >= 0.6 is 11.6 Å². The summed E-state index contributed by atoms with van der Waals surface area (Å²) >= 11 is 5.88. The van der Waals surface area contributed by atoms with Crippen molar-refractivity contribution < 1.29 is 0 Å². The van der Waals surface area contributed by atoms with Crippen LogP contribution in [0.1, 0.15) is 37.3 Å². The van der Waals surface area contributed by atoms with Crippen molar-refractivity contribution in [3.8, 4) is 0 Å². The Hall–Kier alpha value is -0.490. The highest BCUT2D eigenvalue weighted by Gasteiger charge is 2.06. The van der Waals surface area contributed by atoms with Gasteiger partial charge in [-0.25, -0.2) is 0 Å². The lowest BCUT2D eigenvalue weighted by atomic mass is 9.97. The van der Waals surface area contributed by atoms with Gasteiger partial charge in [-0.2, -0.15) is 0 Å². The molecule has 0 spiro atoms. The van der Waals surface area contributed by atoms with Gasteiger partial charge in [0.05, 0.1) is 0 Å². The summed E-state index contributed by atoms with van der Waals surface area (Å²) in [5, 5.41) is 0. The molecule has 0 N–H and O–H groups in total. The maximum atomic E-state index is 5.88. The molecule has 1 rings (SSSR count). The second kappa shape index (κ2) is 5.29. The van der Waals surface area contributed by atoms with Crippen molar-refractivity contribution in [2.45, 2.75) is 32.6 Å². The fourth-order valence-corrected chi connectivity index (χ4v) is 1.86. The number of benzene rings is 1. The van der Waals surface area contributed by atoms with Crippen LogP contribution in [0.5, 0.6) is 0 Å². The third kappa shape index (κ3) is 2.73. The smallest absolute Gasteiger partial charge is 0.0292 e. The summed E-state index contributed by atoms with van der Waals surface area (Å²) in [5.41, 5.74) is 2.77. The van der Waals surface area contributed by atoms with Crippen molar-refractivity contribution in [1.82, 2.24) is 0 Å². The normalized spacial score (nSPS) is 12.8. The van der Waals surface area contributed by atoms with E-state index in [4.69, 9.17) is 11.6 Å². The zero-order valence-corrected chi connectivity index (χ0v) is 9.14. The quantitative estimate of drug-likeness (QED) is 0.639.